The van der Waals surface area contributed by atoms with Crippen molar-refractivity contribution in [2.75, 3.05) is 12.4 Å². The van der Waals surface area contributed by atoms with E-state index >= 15 is 0 Å². The number of aromatic nitrogens is 2. The predicted molar refractivity (Wildman–Crippen MR) is 111 cm³/mol. The Balaban J connectivity index is 1.86. The summed E-state index contributed by atoms with van der Waals surface area (Å²) < 4.78 is 5.52. The van der Waals surface area contributed by atoms with Crippen LogP contribution in [0.3, 0.4) is 0 Å². The number of aryl methyl sites for hydroxylation is 1. The van der Waals surface area contributed by atoms with Gasteiger partial charge in [0.2, 0.25) is 0 Å². The molecule has 0 aliphatic rings. The number of nitrogens with one attached hydrogen (secondary N) is 1. The Morgan fingerprint density at radius 2 is 1.89 bits per heavy atom. The minimum absolute atomic E-state index is 0.158. The van der Waals surface area contributed by atoms with Crippen LogP contribution in [0.2, 0.25) is 0 Å². The molecule has 2 N–H and O–H groups in total. The van der Waals surface area contributed by atoms with Crippen LogP contribution in [0, 0.1) is 6.92 Å². The minimum Gasteiger partial charge on any atom is -0.505 e. The number of fused-ring (bicyclic) bond motifs is 1. The van der Waals surface area contributed by atoms with E-state index in [1.807, 2.05) is 61.5 Å². The Labute approximate surface area is 163 Å². The maximum Gasteiger partial charge on any atom is 0.147 e. The Morgan fingerprint density at radius 1 is 1.04 bits per heavy atom. The highest BCUT2D eigenvalue weighted by Crippen LogP contribution is 2.38. The van der Waals surface area contributed by atoms with Gasteiger partial charge in [-0.2, -0.15) is 0 Å². The maximum atomic E-state index is 11.0. The molecule has 5 nitrogen and oxygen atoms in total. The lowest BCUT2D eigenvalue weighted by Crippen LogP contribution is -2.14. The highest BCUT2D eigenvalue weighted by atomic mass is 16.5. The van der Waals surface area contributed by atoms with Gasteiger partial charge in [0, 0.05) is 29.5 Å². The number of ether oxygens (including phenoxy) is 1. The second kappa shape index (κ2) is 7.56. The average Bonchev–Trinajstić information content (AvgIpc) is 2.74. The number of pyridine rings is 2. The molecule has 0 fully saturated rings. The molecule has 0 unspecified atom stereocenters. The van der Waals surface area contributed by atoms with Crippen molar-refractivity contribution >= 4 is 16.6 Å². The lowest BCUT2D eigenvalue weighted by molar-refractivity contribution is 0.416. The second-order valence-electron chi connectivity index (χ2n) is 6.65. The molecule has 4 rings (SSSR count). The van der Waals surface area contributed by atoms with Crippen LogP contribution in [0.5, 0.6) is 11.5 Å². The van der Waals surface area contributed by atoms with Crippen molar-refractivity contribution in [2.24, 2.45) is 0 Å². The van der Waals surface area contributed by atoms with Crippen LogP contribution in [0.15, 0.2) is 73.2 Å². The maximum absolute atomic E-state index is 11.0. The summed E-state index contributed by atoms with van der Waals surface area (Å²) in [6, 6.07) is 17.2. The number of hydrogen-bond acceptors (Lipinski definition) is 5. The molecular weight excluding hydrogens is 350 g/mol. The van der Waals surface area contributed by atoms with Crippen molar-refractivity contribution in [3.05, 3.63) is 89.9 Å². The summed E-state index contributed by atoms with van der Waals surface area (Å²) >= 11 is 0. The summed E-state index contributed by atoms with van der Waals surface area (Å²) in [5.41, 5.74) is 4.18. The van der Waals surface area contributed by atoms with Gasteiger partial charge in [-0.1, -0.05) is 30.3 Å². The molecule has 4 aromatic rings. The fourth-order valence-electron chi connectivity index (χ4n) is 3.36. The van der Waals surface area contributed by atoms with Crippen molar-refractivity contribution in [3.63, 3.8) is 0 Å². The van der Waals surface area contributed by atoms with Crippen LogP contribution in [0.4, 0.5) is 5.69 Å². The van der Waals surface area contributed by atoms with E-state index in [0.29, 0.717) is 5.52 Å². The predicted octanol–water partition coefficient (Wildman–Crippen LogP) is 4.85. The fraction of sp³-hybridized carbons (Fsp3) is 0.130. The summed E-state index contributed by atoms with van der Waals surface area (Å²) in [4.78, 5) is 8.61. The number of benzene rings is 2. The van der Waals surface area contributed by atoms with Gasteiger partial charge < -0.3 is 15.2 Å². The molecule has 0 saturated heterocycles. The first kappa shape index (κ1) is 17.8. The SMILES string of the molecule is COc1ccc(C)cc1N[C@H](c1cccnc1)c1ccc2cccnc2c1O. The van der Waals surface area contributed by atoms with Gasteiger partial charge in [0.25, 0.3) is 0 Å². The first-order valence-corrected chi connectivity index (χ1v) is 9.05. The number of rotatable bonds is 5. The normalized spacial score (nSPS) is 11.9. The van der Waals surface area contributed by atoms with Gasteiger partial charge in [-0.25, -0.2) is 0 Å². The minimum atomic E-state index is -0.323. The summed E-state index contributed by atoms with van der Waals surface area (Å²) in [5.74, 6) is 0.893. The largest absolute Gasteiger partial charge is 0.505 e. The third-order valence-electron chi connectivity index (χ3n) is 4.76. The van der Waals surface area contributed by atoms with Gasteiger partial charge in [-0.05, 0) is 42.3 Å². The molecule has 2 heterocycles. The summed E-state index contributed by atoms with van der Waals surface area (Å²) in [5, 5.41) is 15.4. The molecule has 0 amide bonds. The lowest BCUT2D eigenvalue weighted by Gasteiger charge is -2.23. The topological polar surface area (TPSA) is 67.3 Å². The molecule has 1 atom stereocenters. The van der Waals surface area contributed by atoms with Gasteiger partial charge in [0.05, 0.1) is 18.8 Å². The van der Waals surface area contributed by atoms with Gasteiger partial charge in [0.1, 0.15) is 17.0 Å². The standard InChI is InChI=1S/C23H21N3O2/c1-15-7-10-20(28-2)19(13-15)26-21(17-6-3-11-24-14-17)18-9-8-16-5-4-12-25-22(16)23(18)27/h3-14,21,26-27H,1-2H3/t21-/m1/s1. The van der Waals surface area contributed by atoms with E-state index in [-0.39, 0.29) is 11.8 Å². The Kier molecular flexibility index (Phi) is 4.81. The second-order valence-corrected chi connectivity index (χ2v) is 6.65. The number of phenols is 1. The monoisotopic (exact) mass is 371 g/mol. The molecular formula is C23H21N3O2. The third-order valence-corrected chi connectivity index (χ3v) is 4.76. The van der Waals surface area contributed by atoms with Crippen LogP contribution in [0.1, 0.15) is 22.7 Å². The zero-order valence-corrected chi connectivity index (χ0v) is 15.8. The Bertz CT molecular complexity index is 1110. The number of anilines is 1. The number of nitrogens with zero attached hydrogens (tertiary/aromatic N) is 2. The average molecular weight is 371 g/mol. The van der Waals surface area contributed by atoms with Crippen molar-refractivity contribution in [2.45, 2.75) is 13.0 Å². The van der Waals surface area contributed by atoms with Crippen LogP contribution in [-0.4, -0.2) is 22.2 Å². The zero-order valence-electron chi connectivity index (χ0n) is 15.8. The molecule has 0 saturated carbocycles. The molecule has 0 aliphatic heterocycles. The van der Waals surface area contributed by atoms with E-state index in [9.17, 15) is 5.11 Å². The molecule has 0 aliphatic carbocycles. The van der Waals surface area contributed by atoms with Crippen LogP contribution in [0.25, 0.3) is 10.9 Å². The van der Waals surface area contributed by atoms with Gasteiger partial charge in [0.15, 0.2) is 0 Å². The summed E-state index contributed by atoms with van der Waals surface area (Å²) in [6.45, 7) is 2.03. The van der Waals surface area contributed by atoms with E-state index < -0.39 is 0 Å². The Hall–Kier alpha value is -3.60. The van der Waals surface area contributed by atoms with E-state index in [1.165, 1.54) is 0 Å². The quantitative estimate of drug-likeness (QED) is 0.525. The molecule has 28 heavy (non-hydrogen) atoms. The van der Waals surface area contributed by atoms with Crippen molar-refractivity contribution in [3.8, 4) is 11.5 Å². The van der Waals surface area contributed by atoms with E-state index in [0.717, 1.165) is 33.5 Å². The number of methoxy groups -OCH3 is 1. The zero-order chi connectivity index (χ0) is 19.5. The molecule has 140 valence electrons. The van der Waals surface area contributed by atoms with Crippen molar-refractivity contribution < 1.29 is 9.84 Å². The first-order valence-electron chi connectivity index (χ1n) is 9.05. The molecule has 0 bridgehead atoms. The number of aromatic hydroxyl groups is 1. The summed E-state index contributed by atoms with van der Waals surface area (Å²) in [6.07, 6.45) is 5.21. The van der Waals surface area contributed by atoms with Crippen molar-refractivity contribution in [1.29, 1.82) is 0 Å². The van der Waals surface area contributed by atoms with Gasteiger partial charge in [-0.15, -0.1) is 0 Å². The van der Waals surface area contributed by atoms with Crippen LogP contribution >= 0.6 is 0 Å². The number of hydrogen-bond donors (Lipinski definition) is 2. The van der Waals surface area contributed by atoms with Gasteiger partial charge in [-0.3, -0.25) is 9.97 Å². The van der Waals surface area contributed by atoms with Crippen LogP contribution in [-0.2, 0) is 0 Å². The molecule has 0 spiro atoms. The molecule has 2 aromatic carbocycles. The fourth-order valence-corrected chi connectivity index (χ4v) is 3.36. The van der Waals surface area contributed by atoms with E-state index in [1.54, 1.807) is 25.7 Å². The lowest BCUT2D eigenvalue weighted by atomic mass is 9.97. The highest BCUT2D eigenvalue weighted by Gasteiger charge is 2.21. The Morgan fingerprint density at radius 3 is 2.68 bits per heavy atom. The molecule has 0 radical (unpaired) electrons. The van der Waals surface area contributed by atoms with Gasteiger partial charge >= 0.3 is 0 Å². The third kappa shape index (κ3) is 3.34. The van der Waals surface area contributed by atoms with E-state index in [2.05, 4.69) is 15.3 Å². The molecule has 2 aromatic heterocycles. The summed E-state index contributed by atoms with van der Waals surface area (Å²) in [7, 11) is 1.65. The molecule has 5 heteroatoms. The van der Waals surface area contributed by atoms with E-state index in [4.69, 9.17) is 4.74 Å². The van der Waals surface area contributed by atoms with Crippen molar-refractivity contribution in [1.82, 2.24) is 9.97 Å². The highest BCUT2D eigenvalue weighted by molar-refractivity contribution is 5.86. The smallest absolute Gasteiger partial charge is 0.147 e. The van der Waals surface area contributed by atoms with Crippen LogP contribution < -0.4 is 10.1 Å². The first-order chi connectivity index (χ1) is 13.7. The number of phenolic OH excluding ortho intramolecular Hbond substituents is 1.